The van der Waals surface area contributed by atoms with Gasteiger partial charge in [0.25, 0.3) is 0 Å². The molecule has 4 heteroatoms. The largest absolute Gasteiger partial charge is 0.469 e. The first-order valence-electron chi connectivity index (χ1n) is 4.40. The Morgan fingerprint density at radius 2 is 2.50 bits per heavy atom. The van der Waals surface area contributed by atoms with Crippen LogP contribution in [-0.4, -0.2) is 18.8 Å². The number of thiophene rings is 1. The molecule has 1 atom stereocenters. The second-order valence-electron chi connectivity index (χ2n) is 3.07. The topological polar surface area (TPSA) is 26.3 Å². The van der Waals surface area contributed by atoms with E-state index in [-0.39, 0.29) is 11.9 Å². The molecule has 0 saturated heterocycles. The summed E-state index contributed by atoms with van der Waals surface area (Å²) in [5.41, 5.74) is 1.33. The van der Waals surface area contributed by atoms with E-state index in [1.807, 2.05) is 6.92 Å². The van der Waals surface area contributed by atoms with E-state index in [2.05, 4.69) is 21.6 Å². The van der Waals surface area contributed by atoms with Crippen molar-refractivity contribution in [1.29, 1.82) is 0 Å². The molecule has 1 unspecified atom stereocenters. The van der Waals surface area contributed by atoms with Crippen LogP contribution in [0.15, 0.2) is 16.8 Å². The first-order valence-corrected chi connectivity index (χ1v) is 6.50. The van der Waals surface area contributed by atoms with Crippen molar-refractivity contribution in [2.75, 3.05) is 12.9 Å². The maximum atomic E-state index is 11.1. The number of hydrogen-bond donors (Lipinski definition) is 0. The smallest absolute Gasteiger partial charge is 0.309 e. The van der Waals surface area contributed by atoms with Crippen LogP contribution >= 0.6 is 23.1 Å². The molecule has 1 aromatic rings. The molecule has 0 fully saturated rings. The molecule has 0 aliphatic heterocycles. The van der Waals surface area contributed by atoms with E-state index in [0.29, 0.717) is 0 Å². The number of hydrogen-bond acceptors (Lipinski definition) is 4. The van der Waals surface area contributed by atoms with E-state index in [1.54, 1.807) is 23.1 Å². The number of carbonyl (C=O) groups excluding carboxylic acids is 1. The van der Waals surface area contributed by atoms with Crippen LogP contribution in [-0.2, 0) is 15.3 Å². The Bertz CT molecular complexity index is 270. The zero-order valence-corrected chi connectivity index (χ0v) is 9.99. The Hall–Kier alpha value is -0.480. The van der Waals surface area contributed by atoms with Crippen LogP contribution < -0.4 is 0 Å². The molecular formula is C10H14O2S2. The molecule has 0 bridgehead atoms. The van der Waals surface area contributed by atoms with Crippen molar-refractivity contribution in [3.8, 4) is 0 Å². The summed E-state index contributed by atoms with van der Waals surface area (Å²) >= 11 is 3.47. The lowest BCUT2D eigenvalue weighted by Gasteiger charge is -2.07. The van der Waals surface area contributed by atoms with Gasteiger partial charge in [-0.05, 0) is 22.4 Å². The molecule has 0 amide bonds. The Balaban J connectivity index is 2.18. The van der Waals surface area contributed by atoms with Crippen molar-refractivity contribution < 1.29 is 9.53 Å². The average molecular weight is 230 g/mol. The minimum atomic E-state index is -0.122. The Morgan fingerprint density at radius 1 is 1.71 bits per heavy atom. The predicted molar refractivity (Wildman–Crippen MR) is 61.7 cm³/mol. The first kappa shape index (κ1) is 11.6. The van der Waals surface area contributed by atoms with Crippen LogP contribution in [0.4, 0.5) is 0 Å². The van der Waals surface area contributed by atoms with Gasteiger partial charge in [-0.2, -0.15) is 23.1 Å². The molecule has 0 aromatic carbocycles. The third kappa shape index (κ3) is 3.72. The molecule has 0 aliphatic carbocycles. The van der Waals surface area contributed by atoms with Gasteiger partial charge in [-0.25, -0.2) is 0 Å². The summed E-state index contributed by atoms with van der Waals surface area (Å²) in [4.78, 5) is 11.1. The second-order valence-corrected chi connectivity index (χ2v) is 4.88. The van der Waals surface area contributed by atoms with Gasteiger partial charge in [-0.15, -0.1) is 0 Å². The normalized spacial score (nSPS) is 12.4. The molecule has 0 spiro atoms. The van der Waals surface area contributed by atoms with Crippen molar-refractivity contribution >= 4 is 29.1 Å². The first-order chi connectivity index (χ1) is 6.74. The van der Waals surface area contributed by atoms with Gasteiger partial charge in [0.05, 0.1) is 13.0 Å². The number of thioether (sulfide) groups is 1. The average Bonchev–Trinajstić information content (AvgIpc) is 2.69. The molecule has 1 rings (SSSR count). The Kier molecular flexibility index (Phi) is 5.04. The van der Waals surface area contributed by atoms with E-state index >= 15 is 0 Å². The van der Waals surface area contributed by atoms with Gasteiger partial charge in [-0.1, -0.05) is 6.92 Å². The van der Waals surface area contributed by atoms with E-state index in [0.717, 1.165) is 11.5 Å². The lowest BCUT2D eigenvalue weighted by atomic mass is 10.2. The van der Waals surface area contributed by atoms with E-state index in [4.69, 9.17) is 0 Å². The quantitative estimate of drug-likeness (QED) is 0.728. The summed E-state index contributed by atoms with van der Waals surface area (Å²) in [6, 6.07) is 2.11. The summed E-state index contributed by atoms with van der Waals surface area (Å²) in [6.45, 7) is 1.90. The maximum Gasteiger partial charge on any atom is 0.309 e. The van der Waals surface area contributed by atoms with E-state index in [1.165, 1.54) is 12.7 Å². The highest BCUT2D eigenvalue weighted by Gasteiger charge is 2.12. The third-order valence-corrected chi connectivity index (χ3v) is 3.83. The number of rotatable bonds is 5. The molecule has 0 saturated carbocycles. The molecule has 78 valence electrons. The summed E-state index contributed by atoms with van der Waals surface area (Å²) < 4.78 is 4.65. The summed E-state index contributed by atoms with van der Waals surface area (Å²) in [5, 5.41) is 4.20. The predicted octanol–water partition coefficient (Wildman–Crippen LogP) is 2.79. The zero-order valence-electron chi connectivity index (χ0n) is 8.36. The molecule has 0 aliphatic rings. The molecule has 0 radical (unpaired) electrons. The van der Waals surface area contributed by atoms with Gasteiger partial charge >= 0.3 is 5.97 Å². The van der Waals surface area contributed by atoms with Gasteiger partial charge in [0, 0.05) is 11.5 Å². The Morgan fingerprint density at radius 3 is 3.07 bits per heavy atom. The molecular weight excluding hydrogens is 216 g/mol. The standard InChI is InChI=1S/C10H14O2S2/c1-8(10(11)12-2)5-14-7-9-3-4-13-6-9/h3-4,6,8H,5,7H2,1-2H3. The van der Waals surface area contributed by atoms with Gasteiger partial charge in [0.1, 0.15) is 0 Å². The van der Waals surface area contributed by atoms with Crippen LogP contribution in [0.1, 0.15) is 12.5 Å². The summed E-state index contributed by atoms with van der Waals surface area (Å²) in [7, 11) is 1.43. The van der Waals surface area contributed by atoms with Gasteiger partial charge in [-0.3, -0.25) is 4.79 Å². The van der Waals surface area contributed by atoms with Crippen LogP contribution in [0, 0.1) is 5.92 Å². The molecule has 2 nitrogen and oxygen atoms in total. The molecule has 0 N–H and O–H groups in total. The van der Waals surface area contributed by atoms with Crippen LogP contribution in [0.5, 0.6) is 0 Å². The SMILES string of the molecule is COC(=O)C(C)CSCc1ccsc1. The van der Waals surface area contributed by atoms with Gasteiger partial charge < -0.3 is 4.74 Å². The van der Waals surface area contributed by atoms with Crippen molar-refractivity contribution in [3.05, 3.63) is 22.4 Å². The molecule has 14 heavy (non-hydrogen) atoms. The van der Waals surface area contributed by atoms with Crippen molar-refractivity contribution in [2.45, 2.75) is 12.7 Å². The summed E-state index contributed by atoms with van der Waals surface area (Å²) in [5.74, 6) is 1.67. The number of methoxy groups -OCH3 is 1. The molecule has 1 aromatic heterocycles. The van der Waals surface area contributed by atoms with E-state index in [9.17, 15) is 4.79 Å². The number of esters is 1. The highest BCUT2D eigenvalue weighted by atomic mass is 32.2. The summed E-state index contributed by atoms with van der Waals surface area (Å²) in [6.07, 6.45) is 0. The van der Waals surface area contributed by atoms with Crippen molar-refractivity contribution in [2.24, 2.45) is 5.92 Å². The van der Waals surface area contributed by atoms with Gasteiger partial charge in [0.2, 0.25) is 0 Å². The zero-order chi connectivity index (χ0) is 10.4. The lowest BCUT2D eigenvalue weighted by molar-refractivity contribution is -0.143. The van der Waals surface area contributed by atoms with Crippen LogP contribution in [0.2, 0.25) is 0 Å². The fourth-order valence-electron chi connectivity index (χ4n) is 0.998. The fraction of sp³-hybridized carbons (Fsp3) is 0.500. The minimum Gasteiger partial charge on any atom is -0.469 e. The second kappa shape index (κ2) is 6.09. The fourth-order valence-corrected chi connectivity index (χ4v) is 2.79. The maximum absolute atomic E-state index is 11.1. The van der Waals surface area contributed by atoms with Crippen LogP contribution in [0.25, 0.3) is 0 Å². The number of ether oxygens (including phenoxy) is 1. The minimum absolute atomic E-state index is 0.0105. The number of carbonyl (C=O) groups is 1. The van der Waals surface area contributed by atoms with E-state index < -0.39 is 0 Å². The highest BCUT2D eigenvalue weighted by molar-refractivity contribution is 7.98. The van der Waals surface area contributed by atoms with Crippen molar-refractivity contribution in [3.63, 3.8) is 0 Å². The Labute approximate surface area is 92.7 Å². The monoisotopic (exact) mass is 230 g/mol. The van der Waals surface area contributed by atoms with Crippen molar-refractivity contribution in [1.82, 2.24) is 0 Å². The highest BCUT2D eigenvalue weighted by Crippen LogP contribution is 2.17. The van der Waals surface area contributed by atoms with Crippen LogP contribution in [0.3, 0.4) is 0 Å². The molecule has 1 heterocycles. The third-order valence-electron chi connectivity index (χ3n) is 1.82. The lowest BCUT2D eigenvalue weighted by Crippen LogP contribution is -2.14. The van der Waals surface area contributed by atoms with Gasteiger partial charge in [0.15, 0.2) is 0 Å².